The first-order valence-corrected chi connectivity index (χ1v) is 9.32. The summed E-state index contributed by atoms with van der Waals surface area (Å²) < 4.78 is 0. The van der Waals surface area contributed by atoms with Gasteiger partial charge in [-0.15, -0.1) is 0 Å². The van der Waals surface area contributed by atoms with Gasteiger partial charge in [0.1, 0.15) is 11.4 Å². The van der Waals surface area contributed by atoms with Crippen LogP contribution in [0.4, 0.5) is 5.69 Å². The molecule has 2 aromatic rings. The third-order valence-electron chi connectivity index (χ3n) is 4.68. The van der Waals surface area contributed by atoms with Crippen LogP contribution in [0.5, 0.6) is 0 Å². The zero-order valence-electron chi connectivity index (χ0n) is 14.7. The molecule has 6 heteroatoms. The molecule has 136 valence electrons. The molecular weight excluding hydrogens is 350 g/mol. The fraction of sp³-hybridized carbons (Fsp3) is 0.350. The predicted octanol–water partition coefficient (Wildman–Crippen LogP) is 4.39. The second kappa shape index (κ2) is 8.32. The van der Waals surface area contributed by atoms with Gasteiger partial charge in [0.15, 0.2) is 0 Å². The van der Waals surface area contributed by atoms with Gasteiger partial charge in [0, 0.05) is 12.6 Å². The summed E-state index contributed by atoms with van der Waals surface area (Å²) in [6.45, 7) is 2.84. The molecule has 1 aromatic carbocycles. The SMILES string of the molecule is CCC1CCCCN1C(=O)c1cccc(C(=O)Nc2ccccc2Cl)n1. The highest BCUT2D eigenvalue weighted by Gasteiger charge is 2.27. The molecule has 0 aliphatic carbocycles. The maximum Gasteiger partial charge on any atom is 0.274 e. The zero-order chi connectivity index (χ0) is 18.5. The van der Waals surface area contributed by atoms with Gasteiger partial charge in [-0.25, -0.2) is 4.98 Å². The largest absolute Gasteiger partial charge is 0.334 e. The van der Waals surface area contributed by atoms with E-state index in [1.807, 2.05) is 4.90 Å². The summed E-state index contributed by atoms with van der Waals surface area (Å²) in [6, 6.07) is 12.2. The number of benzene rings is 1. The lowest BCUT2D eigenvalue weighted by Crippen LogP contribution is -2.43. The van der Waals surface area contributed by atoms with Crippen molar-refractivity contribution in [1.82, 2.24) is 9.88 Å². The Kier molecular flexibility index (Phi) is 5.89. The molecule has 0 spiro atoms. The molecule has 0 saturated carbocycles. The standard InChI is InChI=1S/C20H22ClN3O2/c1-2-14-8-5-6-13-24(14)20(26)18-12-7-11-17(22-18)19(25)23-16-10-4-3-9-15(16)21/h3-4,7,9-12,14H,2,5-6,8,13H2,1H3,(H,23,25). The van der Waals surface area contributed by atoms with E-state index in [0.29, 0.717) is 16.4 Å². The Morgan fingerprint density at radius 3 is 2.69 bits per heavy atom. The lowest BCUT2D eigenvalue weighted by Gasteiger charge is -2.35. The Morgan fingerprint density at radius 2 is 1.92 bits per heavy atom. The fourth-order valence-electron chi connectivity index (χ4n) is 3.27. The number of carbonyl (C=O) groups is 2. The number of halogens is 1. The molecule has 1 N–H and O–H groups in total. The number of aromatic nitrogens is 1. The van der Waals surface area contributed by atoms with Crippen LogP contribution in [0.3, 0.4) is 0 Å². The number of pyridine rings is 1. The lowest BCUT2D eigenvalue weighted by molar-refractivity contribution is 0.0602. The summed E-state index contributed by atoms with van der Waals surface area (Å²) in [5, 5.41) is 3.18. The van der Waals surface area contributed by atoms with E-state index in [-0.39, 0.29) is 17.6 Å². The summed E-state index contributed by atoms with van der Waals surface area (Å²) in [6.07, 6.45) is 4.11. The van der Waals surface area contributed by atoms with Crippen LogP contribution in [0.25, 0.3) is 0 Å². The molecule has 1 saturated heterocycles. The van der Waals surface area contributed by atoms with Crippen LogP contribution in [0.1, 0.15) is 53.6 Å². The molecule has 3 rings (SSSR count). The van der Waals surface area contributed by atoms with E-state index in [1.165, 1.54) is 0 Å². The summed E-state index contributed by atoms with van der Waals surface area (Å²) in [4.78, 5) is 31.5. The average Bonchev–Trinajstić information content (AvgIpc) is 2.69. The van der Waals surface area contributed by atoms with Crippen LogP contribution in [-0.4, -0.2) is 34.3 Å². The van der Waals surface area contributed by atoms with Crippen LogP contribution < -0.4 is 5.32 Å². The molecule has 5 nitrogen and oxygen atoms in total. The highest BCUT2D eigenvalue weighted by molar-refractivity contribution is 6.33. The maximum absolute atomic E-state index is 12.9. The highest BCUT2D eigenvalue weighted by Crippen LogP contribution is 2.22. The first-order chi connectivity index (χ1) is 12.6. The maximum atomic E-state index is 12.9. The summed E-state index contributed by atoms with van der Waals surface area (Å²) in [5.74, 6) is -0.498. The van der Waals surface area contributed by atoms with Crippen LogP contribution in [0.2, 0.25) is 5.02 Å². The van der Waals surface area contributed by atoms with Crippen LogP contribution >= 0.6 is 11.6 Å². The first kappa shape index (κ1) is 18.4. The van der Waals surface area contributed by atoms with Gasteiger partial charge in [-0.2, -0.15) is 0 Å². The first-order valence-electron chi connectivity index (χ1n) is 8.94. The molecule has 1 aliphatic heterocycles. The lowest BCUT2D eigenvalue weighted by atomic mass is 9.99. The molecule has 1 aliphatic rings. The van der Waals surface area contributed by atoms with E-state index in [4.69, 9.17) is 11.6 Å². The van der Waals surface area contributed by atoms with Gasteiger partial charge in [-0.1, -0.05) is 36.7 Å². The number of nitrogens with zero attached hydrogens (tertiary/aromatic N) is 2. The Labute approximate surface area is 158 Å². The predicted molar refractivity (Wildman–Crippen MR) is 103 cm³/mol. The molecule has 2 amide bonds. The monoisotopic (exact) mass is 371 g/mol. The van der Waals surface area contributed by atoms with Crippen molar-refractivity contribution in [3.05, 3.63) is 58.9 Å². The molecule has 1 unspecified atom stereocenters. The number of carbonyl (C=O) groups excluding carboxylic acids is 2. The fourth-order valence-corrected chi connectivity index (χ4v) is 3.45. The van der Waals surface area contributed by atoms with Crippen molar-refractivity contribution >= 4 is 29.1 Å². The number of para-hydroxylation sites is 1. The van der Waals surface area contributed by atoms with Crippen molar-refractivity contribution in [1.29, 1.82) is 0 Å². The molecule has 0 bridgehead atoms. The Hall–Kier alpha value is -2.40. The summed E-state index contributed by atoms with van der Waals surface area (Å²) in [7, 11) is 0. The number of hydrogen-bond donors (Lipinski definition) is 1. The average molecular weight is 372 g/mol. The summed E-state index contributed by atoms with van der Waals surface area (Å²) >= 11 is 6.08. The zero-order valence-corrected chi connectivity index (χ0v) is 15.5. The quantitative estimate of drug-likeness (QED) is 0.866. The molecule has 1 aromatic heterocycles. The topological polar surface area (TPSA) is 62.3 Å². The minimum atomic E-state index is -0.390. The van der Waals surface area contributed by atoms with Gasteiger partial charge >= 0.3 is 0 Å². The van der Waals surface area contributed by atoms with Crippen molar-refractivity contribution in [3.63, 3.8) is 0 Å². The van der Waals surface area contributed by atoms with Crippen LogP contribution in [0, 0.1) is 0 Å². The van der Waals surface area contributed by atoms with E-state index >= 15 is 0 Å². The Morgan fingerprint density at radius 1 is 1.15 bits per heavy atom. The van der Waals surface area contributed by atoms with E-state index in [1.54, 1.807) is 42.5 Å². The number of piperidine rings is 1. The normalized spacial score (nSPS) is 17.0. The number of hydrogen-bond acceptors (Lipinski definition) is 3. The van der Waals surface area contributed by atoms with Gasteiger partial charge in [-0.05, 0) is 49.9 Å². The molecule has 1 fully saturated rings. The van der Waals surface area contributed by atoms with E-state index in [9.17, 15) is 9.59 Å². The number of likely N-dealkylation sites (tertiary alicyclic amines) is 1. The molecule has 2 heterocycles. The van der Waals surface area contributed by atoms with E-state index < -0.39 is 5.91 Å². The van der Waals surface area contributed by atoms with Crippen molar-refractivity contribution < 1.29 is 9.59 Å². The van der Waals surface area contributed by atoms with Crippen molar-refractivity contribution in [2.24, 2.45) is 0 Å². The second-order valence-corrected chi connectivity index (χ2v) is 6.81. The van der Waals surface area contributed by atoms with Crippen LogP contribution in [0.15, 0.2) is 42.5 Å². The Bertz CT molecular complexity index is 809. The molecule has 0 radical (unpaired) electrons. The number of anilines is 1. The molecule has 26 heavy (non-hydrogen) atoms. The van der Waals surface area contributed by atoms with Crippen molar-refractivity contribution in [2.45, 2.75) is 38.6 Å². The minimum Gasteiger partial charge on any atom is -0.334 e. The highest BCUT2D eigenvalue weighted by atomic mass is 35.5. The molecule has 1 atom stereocenters. The Balaban J connectivity index is 1.78. The van der Waals surface area contributed by atoms with Gasteiger partial charge in [0.05, 0.1) is 10.7 Å². The van der Waals surface area contributed by atoms with Gasteiger partial charge in [-0.3, -0.25) is 9.59 Å². The van der Waals surface area contributed by atoms with Crippen molar-refractivity contribution in [3.8, 4) is 0 Å². The number of nitrogens with one attached hydrogen (secondary N) is 1. The van der Waals surface area contributed by atoms with Crippen molar-refractivity contribution in [2.75, 3.05) is 11.9 Å². The third-order valence-corrected chi connectivity index (χ3v) is 5.01. The second-order valence-electron chi connectivity index (χ2n) is 6.40. The van der Waals surface area contributed by atoms with Gasteiger partial charge in [0.2, 0.25) is 0 Å². The van der Waals surface area contributed by atoms with Gasteiger partial charge in [0.25, 0.3) is 11.8 Å². The minimum absolute atomic E-state index is 0.107. The summed E-state index contributed by atoms with van der Waals surface area (Å²) in [5.41, 5.74) is 1.01. The van der Waals surface area contributed by atoms with E-state index in [0.717, 1.165) is 32.2 Å². The van der Waals surface area contributed by atoms with E-state index in [2.05, 4.69) is 17.2 Å². The number of amides is 2. The van der Waals surface area contributed by atoms with Crippen LogP contribution in [-0.2, 0) is 0 Å². The molecular formula is C20H22ClN3O2. The smallest absolute Gasteiger partial charge is 0.274 e. The third kappa shape index (κ3) is 4.05. The number of rotatable bonds is 4. The van der Waals surface area contributed by atoms with Gasteiger partial charge < -0.3 is 10.2 Å².